The maximum Gasteiger partial charge on any atom is 0.350 e. The molecule has 0 saturated carbocycles. The minimum absolute atomic E-state index is 0.208. The van der Waals surface area contributed by atoms with Gasteiger partial charge in [-0.15, -0.1) is 0 Å². The zero-order valence-corrected chi connectivity index (χ0v) is 13.3. The van der Waals surface area contributed by atoms with E-state index < -0.39 is 23.3 Å². The Labute approximate surface area is 134 Å². The quantitative estimate of drug-likeness (QED) is 0.835. The van der Waals surface area contributed by atoms with Gasteiger partial charge in [-0.2, -0.15) is 0 Å². The Morgan fingerprint density at radius 3 is 2.87 bits per heavy atom. The van der Waals surface area contributed by atoms with Crippen LogP contribution in [-0.4, -0.2) is 28.0 Å². The number of ether oxygens (including phenoxy) is 1. The van der Waals surface area contributed by atoms with Crippen molar-refractivity contribution in [1.82, 2.24) is 9.55 Å². The third-order valence-corrected chi connectivity index (χ3v) is 3.82. The van der Waals surface area contributed by atoms with Crippen LogP contribution in [0.4, 0.5) is 9.52 Å². The SMILES string of the molecule is CCOC(=O)c1sc(NC(=O)Cn2cc(F)ccc2=O)nc1C. The van der Waals surface area contributed by atoms with E-state index in [0.717, 1.165) is 34.2 Å². The fourth-order valence-corrected chi connectivity index (χ4v) is 2.65. The number of aromatic nitrogens is 2. The van der Waals surface area contributed by atoms with Crippen molar-refractivity contribution in [2.24, 2.45) is 0 Å². The van der Waals surface area contributed by atoms with E-state index in [1.165, 1.54) is 0 Å². The van der Waals surface area contributed by atoms with Gasteiger partial charge in [-0.1, -0.05) is 11.3 Å². The highest BCUT2D eigenvalue weighted by Gasteiger charge is 2.17. The number of esters is 1. The normalized spacial score (nSPS) is 10.4. The molecule has 0 fully saturated rings. The van der Waals surface area contributed by atoms with Gasteiger partial charge in [-0.3, -0.25) is 9.59 Å². The number of carbonyl (C=O) groups excluding carboxylic acids is 2. The van der Waals surface area contributed by atoms with Crippen molar-refractivity contribution >= 4 is 28.3 Å². The molecule has 122 valence electrons. The maximum atomic E-state index is 13.1. The van der Waals surface area contributed by atoms with Crippen LogP contribution in [0.3, 0.4) is 0 Å². The van der Waals surface area contributed by atoms with Crippen molar-refractivity contribution < 1.29 is 18.7 Å². The van der Waals surface area contributed by atoms with E-state index >= 15 is 0 Å². The van der Waals surface area contributed by atoms with E-state index in [9.17, 15) is 18.8 Å². The number of halogens is 1. The molecule has 0 aliphatic carbocycles. The van der Waals surface area contributed by atoms with Crippen molar-refractivity contribution in [2.45, 2.75) is 20.4 Å². The lowest BCUT2D eigenvalue weighted by atomic mass is 10.4. The number of nitrogens with one attached hydrogen (secondary N) is 1. The molecule has 0 aliphatic rings. The van der Waals surface area contributed by atoms with Crippen LogP contribution >= 0.6 is 11.3 Å². The van der Waals surface area contributed by atoms with E-state index in [1.807, 2.05) is 0 Å². The van der Waals surface area contributed by atoms with Crippen LogP contribution < -0.4 is 10.9 Å². The Morgan fingerprint density at radius 1 is 1.43 bits per heavy atom. The Kier molecular flexibility index (Phi) is 5.22. The number of nitrogens with zero attached hydrogens (tertiary/aromatic N) is 2. The minimum Gasteiger partial charge on any atom is -0.462 e. The van der Waals surface area contributed by atoms with Crippen molar-refractivity contribution in [3.8, 4) is 0 Å². The van der Waals surface area contributed by atoms with Crippen LogP contribution in [0.25, 0.3) is 0 Å². The third-order valence-electron chi connectivity index (χ3n) is 2.77. The van der Waals surface area contributed by atoms with Crippen molar-refractivity contribution in [2.75, 3.05) is 11.9 Å². The summed E-state index contributed by atoms with van der Waals surface area (Å²) in [5, 5.41) is 2.68. The summed E-state index contributed by atoms with van der Waals surface area (Å²) in [5.74, 6) is -1.68. The summed E-state index contributed by atoms with van der Waals surface area (Å²) in [6.45, 7) is 3.19. The van der Waals surface area contributed by atoms with Gasteiger partial charge in [-0.25, -0.2) is 14.2 Å². The molecule has 2 heterocycles. The Balaban J connectivity index is 2.09. The summed E-state index contributed by atoms with van der Waals surface area (Å²) in [6, 6.07) is 2.06. The molecule has 0 atom stereocenters. The Morgan fingerprint density at radius 2 is 2.17 bits per heavy atom. The largest absolute Gasteiger partial charge is 0.462 e. The van der Waals surface area contributed by atoms with Gasteiger partial charge in [0.15, 0.2) is 5.13 Å². The van der Waals surface area contributed by atoms with Gasteiger partial charge >= 0.3 is 5.97 Å². The monoisotopic (exact) mass is 339 g/mol. The Hall–Kier alpha value is -2.55. The topological polar surface area (TPSA) is 90.3 Å². The zero-order valence-electron chi connectivity index (χ0n) is 12.5. The van der Waals surface area contributed by atoms with Crippen molar-refractivity contribution in [1.29, 1.82) is 0 Å². The second-order valence-corrected chi connectivity index (χ2v) is 5.51. The molecule has 7 nitrogen and oxygen atoms in total. The van der Waals surface area contributed by atoms with E-state index in [4.69, 9.17) is 4.74 Å². The molecular weight excluding hydrogens is 325 g/mol. The predicted octanol–water partition coefficient (Wildman–Crippen LogP) is 1.57. The number of hydrogen-bond donors (Lipinski definition) is 1. The first kappa shape index (κ1) is 16.8. The van der Waals surface area contributed by atoms with Crippen LogP contribution in [-0.2, 0) is 16.1 Å². The number of pyridine rings is 1. The first-order valence-corrected chi connectivity index (χ1v) is 7.52. The van der Waals surface area contributed by atoms with E-state index in [-0.39, 0.29) is 18.3 Å². The summed E-state index contributed by atoms with van der Waals surface area (Å²) in [7, 11) is 0. The highest BCUT2D eigenvalue weighted by molar-refractivity contribution is 7.17. The van der Waals surface area contributed by atoms with Crippen molar-refractivity contribution in [3.05, 3.63) is 45.1 Å². The molecule has 0 aromatic carbocycles. The molecule has 1 amide bonds. The highest BCUT2D eigenvalue weighted by atomic mass is 32.1. The fourth-order valence-electron chi connectivity index (χ4n) is 1.78. The zero-order chi connectivity index (χ0) is 17.0. The first-order valence-electron chi connectivity index (χ1n) is 6.71. The van der Waals surface area contributed by atoms with Crippen LogP contribution in [0.15, 0.2) is 23.1 Å². The smallest absolute Gasteiger partial charge is 0.350 e. The Bertz CT molecular complexity index is 800. The maximum absolute atomic E-state index is 13.1. The average Bonchev–Trinajstić information content (AvgIpc) is 2.83. The van der Waals surface area contributed by atoms with Crippen LogP contribution in [0.5, 0.6) is 0 Å². The number of anilines is 1. The summed E-state index contributed by atoms with van der Waals surface area (Å²) < 4.78 is 18.9. The summed E-state index contributed by atoms with van der Waals surface area (Å²) in [5.41, 5.74) is -0.0595. The lowest BCUT2D eigenvalue weighted by Crippen LogP contribution is -2.27. The summed E-state index contributed by atoms with van der Waals surface area (Å²) >= 11 is 0.975. The van der Waals surface area contributed by atoms with Gasteiger partial charge in [-0.05, 0) is 19.9 Å². The van der Waals surface area contributed by atoms with E-state index in [1.54, 1.807) is 13.8 Å². The second kappa shape index (κ2) is 7.14. The molecule has 0 spiro atoms. The molecule has 23 heavy (non-hydrogen) atoms. The molecule has 0 aliphatic heterocycles. The van der Waals surface area contributed by atoms with Crippen LogP contribution in [0.1, 0.15) is 22.3 Å². The molecule has 9 heteroatoms. The van der Waals surface area contributed by atoms with Crippen LogP contribution in [0, 0.1) is 12.7 Å². The molecule has 0 radical (unpaired) electrons. The number of aryl methyl sites for hydroxylation is 1. The number of rotatable bonds is 5. The third kappa shape index (κ3) is 4.22. The molecule has 0 saturated heterocycles. The van der Waals surface area contributed by atoms with Gasteiger partial charge in [0.25, 0.3) is 5.56 Å². The number of carbonyl (C=O) groups is 2. The molecule has 2 rings (SSSR count). The lowest BCUT2D eigenvalue weighted by molar-refractivity contribution is -0.116. The summed E-state index contributed by atoms with van der Waals surface area (Å²) in [6.07, 6.45) is 0.944. The molecule has 0 bridgehead atoms. The van der Waals surface area contributed by atoms with Gasteiger partial charge in [0, 0.05) is 12.3 Å². The molecular formula is C14H14FN3O4S. The fraction of sp³-hybridized carbons (Fsp3) is 0.286. The van der Waals surface area contributed by atoms with Crippen LogP contribution in [0.2, 0.25) is 0 Å². The highest BCUT2D eigenvalue weighted by Crippen LogP contribution is 2.23. The van der Waals surface area contributed by atoms with E-state index in [2.05, 4.69) is 10.3 Å². The van der Waals surface area contributed by atoms with Gasteiger partial charge in [0.2, 0.25) is 5.91 Å². The number of hydrogen-bond acceptors (Lipinski definition) is 6. The minimum atomic E-state index is -0.618. The number of thiazole rings is 1. The molecule has 2 aromatic heterocycles. The lowest BCUT2D eigenvalue weighted by Gasteiger charge is -2.04. The van der Waals surface area contributed by atoms with Gasteiger partial charge < -0.3 is 14.6 Å². The van der Waals surface area contributed by atoms with E-state index in [0.29, 0.717) is 10.6 Å². The first-order chi connectivity index (χ1) is 10.9. The summed E-state index contributed by atoms with van der Waals surface area (Å²) in [4.78, 5) is 39.5. The standard InChI is InChI=1S/C14H14FN3O4S/c1-3-22-13(21)12-8(2)16-14(23-12)17-10(19)7-18-6-9(15)4-5-11(18)20/h4-6H,3,7H2,1-2H3,(H,16,17,19). The number of amides is 1. The van der Waals surface area contributed by atoms with Gasteiger partial charge in [0.1, 0.15) is 17.2 Å². The second-order valence-electron chi connectivity index (χ2n) is 4.52. The van der Waals surface area contributed by atoms with Gasteiger partial charge in [0.05, 0.1) is 12.3 Å². The molecule has 1 N–H and O–H groups in total. The van der Waals surface area contributed by atoms with Crippen molar-refractivity contribution in [3.63, 3.8) is 0 Å². The molecule has 2 aromatic rings. The predicted molar refractivity (Wildman–Crippen MR) is 82.1 cm³/mol. The molecule has 0 unspecified atom stereocenters. The average molecular weight is 339 g/mol.